The molecule has 0 saturated heterocycles. The lowest BCUT2D eigenvalue weighted by Gasteiger charge is -2.20. The van der Waals surface area contributed by atoms with E-state index in [0.29, 0.717) is 5.69 Å². The summed E-state index contributed by atoms with van der Waals surface area (Å²) in [5.41, 5.74) is 1.68. The van der Waals surface area contributed by atoms with Crippen LogP contribution in [-0.2, 0) is 14.3 Å². The molecule has 1 aromatic carbocycles. The average Bonchev–Trinajstić information content (AvgIpc) is 3.19. The molecule has 1 atom stereocenters. The lowest BCUT2D eigenvalue weighted by molar-refractivity contribution is -0.150. The molecule has 0 aliphatic carbocycles. The maximum absolute atomic E-state index is 12.4. The molecule has 0 aliphatic rings. The first-order valence-corrected chi connectivity index (χ1v) is 9.19. The standard InChI is InChI=1S/C21H26N2O5/c1-13(2)15-8-5-6-9-16(15)22-18(24)12-28-21(26)19(14(3)4)23-20(25)17-10-7-11-27-17/h5-11,13-14,19H,12H2,1-4H3,(H,22,24)(H,23,25)/t19-/m0/s1. The van der Waals surface area contributed by atoms with E-state index in [1.165, 1.54) is 12.3 Å². The van der Waals surface area contributed by atoms with Crippen molar-refractivity contribution in [2.24, 2.45) is 5.92 Å². The van der Waals surface area contributed by atoms with Crippen LogP contribution < -0.4 is 10.6 Å². The highest BCUT2D eigenvalue weighted by atomic mass is 16.5. The minimum Gasteiger partial charge on any atom is -0.459 e. The topological polar surface area (TPSA) is 97.6 Å². The second kappa shape index (κ2) is 9.73. The Bertz CT molecular complexity index is 812. The first-order valence-electron chi connectivity index (χ1n) is 9.19. The van der Waals surface area contributed by atoms with Gasteiger partial charge in [-0.15, -0.1) is 0 Å². The number of rotatable bonds is 8. The summed E-state index contributed by atoms with van der Waals surface area (Å²) >= 11 is 0. The van der Waals surface area contributed by atoms with Crippen molar-refractivity contribution in [3.8, 4) is 0 Å². The number of esters is 1. The predicted molar refractivity (Wildman–Crippen MR) is 105 cm³/mol. The molecular formula is C21H26N2O5. The fraction of sp³-hybridized carbons (Fsp3) is 0.381. The molecule has 150 valence electrons. The van der Waals surface area contributed by atoms with Crippen molar-refractivity contribution in [1.29, 1.82) is 0 Å². The number of para-hydroxylation sites is 1. The molecule has 2 amide bonds. The number of amides is 2. The zero-order valence-electron chi connectivity index (χ0n) is 16.5. The summed E-state index contributed by atoms with van der Waals surface area (Å²) < 4.78 is 10.1. The Balaban J connectivity index is 1.93. The van der Waals surface area contributed by atoms with Crippen LogP contribution in [0.25, 0.3) is 0 Å². The van der Waals surface area contributed by atoms with Crippen LogP contribution in [0.3, 0.4) is 0 Å². The summed E-state index contributed by atoms with van der Waals surface area (Å²) in [6.07, 6.45) is 1.37. The molecule has 0 bridgehead atoms. The van der Waals surface area contributed by atoms with Crippen molar-refractivity contribution in [3.05, 3.63) is 54.0 Å². The van der Waals surface area contributed by atoms with Crippen molar-refractivity contribution >= 4 is 23.5 Å². The Morgan fingerprint density at radius 1 is 1.04 bits per heavy atom. The zero-order chi connectivity index (χ0) is 20.7. The van der Waals surface area contributed by atoms with E-state index in [-0.39, 0.29) is 17.6 Å². The summed E-state index contributed by atoms with van der Waals surface area (Å²) in [5.74, 6) is -1.53. The molecule has 7 heteroatoms. The van der Waals surface area contributed by atoms with Gasteiger partial charge in [-0.1, -0.05) is 45.9 Å². The van der Waals surface area contributed by atoms with Gasteiger partial charge >= 0.3 is 5.97 Å². The lowest BCUT2D eigenvalue weighted by atomic mass is 10.0. The second-order valence-corrected chi connectivity index (χ2v) is 7.07. The van der Waals surface area contributed by atoms with Gasteiger partial charge in [-0.2, -0.15) is 0 Å². The molecule has 2 rings (SSSR count). The molecule has 0 saturated carbocycles. The molecule has 1 heterocycles. The quantitative estimate of drug-likeness (QED) is 0.678. The van der Waals surface area contributed by atoms with E-state index in [1.807, 2.05) is 32.0 Å². The van der Waals surface area contributed by atoms with E-state index >= 15 is 0 Å². The number of hydrogen-bond donors (Lipinski definition) is 2. The van der Waals surface area contributed by atoms with Gasteiger partial charge in [0.25, 0.3) is 11.8 Å². The number of carbonyl (C=O) groups is 3. The van der Waals surface area contributed by atoms with Gasteiger partial charge in [0.15, 0.2) is 12.4 Å². The van der Waals surface area contributed by atoms with Crippen LogP contribution >= 0.6 is 0 Å². The second-order valence-electron chi connectivity index (χ2n) is 7.07. The maximum atomic E-state index is 12.4. The molecule has 2 aromatic rings. The molecule has 2 N–H and O–H groups in total. The van der Waals surface area contributed by atoms with Crippen molar-refractivity contribution in [1.82, 2.24) is 5.32 Å². The zero-order valence-corrected chi connectivity index (χ0v) is 16.5. The van der Waals surface area contributed by atoms with Crippen LogP contribution in [0.5, 0.6) is 0 Å². The Morgan fingerprint density at radius 3 is 2.36 bits per heavy atom. The van der Waals surface area contributed by atoms with Crippen molar-refractivity contribution in [3.63, 3.8) is 0 Å². The van der Waals surface area contributed by atoms with Crippen LogP contribution in [0.2, 0.25) is 0 Å². The van der Waals surface area contributed by atoms with E-state index < -0.39 is 30.4 Å². The third-order valence-corrected chi connectivity index (χ3v) is 4.15. The summed E-state index contributed by atoms with van der Waals surface area (Å²) in [6.45, 7) is 7.16. The predicted octanol–water partition coefficient (Wildman–Crippen LogP) is 3.34. The van der Waals surface area contributed by atoms with Crippen molar-refractivity contribution in [2.75, 3.05) is 11.9 Å². The minimum absolute atomic E-state index is 0.0986. The fourth-order valence-electron chi connectivity index (χ4n) is 2.64. The fourth-order valence-corrected chi connectivity index (χ4v) is 2.64. The Kier molecular flexibility index (Phi) is 7.37. The number of hydrogen-bond acceptors (Lipinski definition) is 5. The molecule has 0 aliphatic heterocycles. The molecule has 7 nitrogen and oxygen atoms in total. The number of benzene rings is 1. The summed E-state index contributed by atoms with van der Waals surface area (Å²) in [5, 5.41) is 5.34. The number of anilines is 1. The average molecular weight is 386 g/mol. The molecule has 0 spiro atoms. The summed E-state index contributed by atoms with van der Waals surface area (Å²) in [7, 11) is 0. The summed E-state index contributed by atoms with van der Waals surface area (Å²) in [4.78, 5) is 36.7. The van der Waals surface area contributed by atoms with E-state index in [9.17, 15) is 14.4 Å². The van der Waals surface area contributed by atoms with E-state index in [2.05, 4.69) is 10.6 Å². The van der Waals surface area contributed by atoms with Crippen LogP contribution in [0.4, 0.5) is 5.69 Å². The van der Waals surface area contributed by atoms with Crippen LogP contribution in [-0.4, -0.2) is 30.4 Å². The van der Waals surface area contributed by atoms with Crippen LogP contribution in [0.15, 0.2) is 47.1 Å². The number of nitrogens with one attached hydrogen (secondary N) is 2. The van der Waals surface area contributed by atoms with E-state index in [4.69, 9.17) is 9.15 Å². The van der Waals surface area contributed by atoms with Crippen LogP contribution in [0, 0.1) is 5.92 Å². The highest BCUT2D eigenvalue weighted by Crippen LogP contribution is 2.23. The Hall–Kier alpha value is -3.09. The van der Waals surface area contributed by atoms with Gasteiger partial charge in [0.05, 0.1) is 6.26 Å². The minimum atomic E-state index is -0.895. The lowest BCUT2D eigenvalue weighted by Crippen LogP contribution is -2.45. The third kappa shape index (κ3) is 5.70. The first kappa shape index (κ1) is 21.2. The van der Waals surface area contributed by atoms with Gasteiger partial charge in [-0.05, 0) is 35.6 Å². The number of carbonyl (C=O) groups excluding carboxylic acids is 3. The Morgan fingerprint density at radius 2 is 1.75 bits per heavy atom. The molecular weight excluding hydrogens is 360 g/mol. The van der Waals surface area contributed by atoms with E-state index in [0.717, 1.165) is 5.56 Å². The van der Waals surface area contributed by atoms with E-state index in [1.54, 1.807) is 26.0 Å². The summed E-state index contributed by atoms with van der Waals surface area (Å²) in [6, 6.07) is 9.65. The highest BCUT2D eigenvalue weighted by Gasteiger charge is 2.27. The van der Waals surface area contributed by atoms with Gasteiger partial charge in [-0.3, -0.25) is 9.59 Å². The smallest absolute Gasteiger partial charge is 0.329 e. The Labute approximate surface area is 164 Å². The monoisotopic (exact) mass is 386 g/mol. The van der Waals surface area contributed by atoms with Gasteiger partial charge < -0.3 is 19.8 Å². The molecule has 0 fully saturated rings. The molecule has 0 unspecified atom stereocenters. The maximum Gasteiger partial charge on any atom is 0.329 e. The molecule has 1 aromatic heterocycles. The van der Waals surface area contributed by atoms with Crippen molar-refractivity contribution in [2.45, 2.75) is 39.7 Å². The first-order chi connectivity index (χ1) is 13.3. The van der Waals surface area contributed by atoms with Crippen molar-refractivity contribution < 1.29 is 23.5 Å². The SMILES string of the molecule is CC(C)c1ccccc1NC(=O)COC(=O)[C@@H](NC(=O)c1ccco1)C(C)C. The normalized spacial score (nSPS) is 11.9. The van der Waals surface area contributed by atoms with Gasteiger partial charge in [-0.25, -0.2) is 4.79 Å². The van der Waals surface area contributed by atoms with Gasteiger partial charge in [0.1, 0.15) is 6.04 Å². The third-order valence-electron chi connectivity index (χ3n) is 4.15. The number of furan rings is 1. The van der Waals surface area contributed by atoms with Gasteiger partial charge in [0, 0.05) is 5.69 Å². The van der Waals surface area contributed by atoms with Crippen LogP contribution in [0.1, 0.15) is 49.7 Å². The molecule has 0 radical (unpaired) electrons. The molecule has 28 heavy (non-hydrogen) atoms. The van der Waals surface area contributed by atoms with Gasteiger partial charge in [0.2, 0.25) is 0 Å². The highest BCUT2D eigenvalue weighted by molar-refractivity contribution is 5.96. The largest absolute Gasteiger partial charge is 0.459 e. The number of ether oxygens (including phenoxy) is 1.